The molecule has 1 atom stereocenters. The summed E-state index contributed by atoms with van der Waals surface area (Å²) in [5, 5.41) is 0.998. The highest BCUT2D eigenvalue weighted by Gasteiger charge is 2.40. The van der Waals surface area contributed by atoms with E-state index >= 15 is 0 Å². The van der Waals surface area contributed by atoms with Crippen molar-refractivity contribution in [3.8, 4) is 0 Å². The van der Waals surface area contributed by atoms with Gasteiger partial charge < -0.3 is 19.0 Å². The highest BCUT2D eigenvalue weighted by atomic mass is 16.5. The van der Waals surface area contributed by atoms with Crippen LogP contribution in [0.2, 0.25) is 0 Å². The fraction of sp³-hybridized carbons (Fsp3) is 0.536. The first-order chi connectivity index (χ1) is 16.1. The molecule has 0 saturated carbocycles. The number of rotatable bonds is 6. The summed E-state index contributed by atoms with van der Waals surface area (Å²) >= 11 is 0. The SMILES string of the molecule is COCCC1=CC(CN2CCC3(CCCN(C(=O)c4ccc5occc5c4)C3)CC2)CC=C1. The number of hydrogen-bond acceptors (Lipinski definition) is 4. The third-order valence-corrected chi connectivity index (χ3v) is 7.87. The summed E-state index contributed by atoms with van der Waals surface area (Å²) in [4.78, 5) is 18.0. The number of likely N-dealkylation sites (tertiary alicyclic amines) is 2. The van der Waals surface area contributed by atoms with Crippen LogP contribution in [-0.2, 0) is 4.74 Å². The van der Waals surface area contributed by atoms with Crippen molar-refractivity contribution < 1.29 is 13.9 Å². The Morgan fingerprint density at radius 1 is 1.18 bits per heavy atom. The Balaban J connectivity index is 1.17. The van der Waals surface area contributed by atoms with Crippen molar-refractivity contribution in [3.05, 3.63) is 59.9 Å². The molecule has 0 N–H and O–H groups in total. The molecule has 5 heteroatoms. The van der Waals surface area contributed by atoms with Crippen LogP contribution >= 0.6 is 0 Å². The van der Waals surface area contributed by atoms with Crippen molar-refractivity contribution in [2.45, 2.75) is 38.5 Å². The van der Waals surface area contributed by atoms with E-state index in [1.165, 1.54) is 24.8 Å². The summed E-state index contributed by atoms with van der Waals surface area (Å²) in [6.45, 7) is 5.99. The van der Waals surface area contributed by atoms with E-state index in [0.29, 0.717) is 5.92 Å². The third-order valence-electron chi connectivity index (χ3n) is 7.87. The van der Waals surface area contributed by atoms with E-state index in [2.05, 4.69) is 28.0 Å². The van der Waals surface area contributed by atoms with Crippen molar-refractivity contribution in [3.63, 3.8) is 0 Å². The molecule has 2 fully saturated rings. The van der Waals surface area contributed by atoms with Gasteiger partial charge in [-0.3, -0.25) is 4.79 Å². The summed E-state index contributed by atoms with van der Waals surface area (Å²) in [6, 6.07) is 7.72. The van der Waals surface area contributed by atoms with Crippen LogP contribution in [0, 0.1) is 11.3 Å². The van der Waals surface area contributed by atoms with Crippen molar-refractivity contribution in [2.24, 2.45) is 11.3 Å². The van der Waals surface area contributed by atoms with Gasteiger partial charge in [0, 0.05) is 37.7 Å². The fourth-order valence-corrected chi connectivity index (χ4v) is 5.95. The second-order valence-corrected chi connectivity index (χ2v) is 10.2. The van der Waals surface area contributed by atoms with Gasteiger partial charge >= 0.3 is 0 Å². The Morgan fingerprint density at radius 2 is 2.06 bits per heavy atom. The maximum Gasteiger partial charge on any atom is 0.253 e. The molecule has 2 aliphatic heterocycles. The molecule has 1 spiro atoms. The van der Waals surface area contributed by atoms with Gasteiger partial charge in [-0.1, -0.05) is 18.2 Å². The summed E-state index contributed by atoms with van der Waals surface area (Å²) in [5.74, 6) is 0.778. The lowest BCUT2D eigenvalue weighted by Gasteiger charge is -2.48. The lowest BCUT2D eigenvalue weighted by molar-refractivity contribution is 0.0195. The molecule has 1 aromatic carbocycles. The second kappa shape index (κ2) is 9.86. The summed E-state index contributed by atoms with van der Waals surface area (Å²) in [5.41, 5.74) is 3.32. The molecule has 33 heavy (non-hydrogen) atoms. The van der Waals surface area contributed by atoms with Gasteiger partial charge in [0.15, 0.2) is 0 Å². The van der Waals surface area contributed by atoms with Gasteiger partial charge in [0.05, 0.1) is 12.9 Å². The minimum atomic E-state index is 0.169. The summed E-state index contributed by atoms with van der Waals surface area (Å²) in [6.07, 6.45) is 15.6. The van der Waals surface area contributed by atoms with Gasteiger partial charge in [-0.15, -0.1) is 0 Å². The number of carbonyl (C=O) groups excluding carboxylic acids is 1. The number of piperidine rings is 2. The third kappa shape index (κ3) is 5.10. The van der Waals surface area contributed by atoms with Crippen molar-refractivity contribution in [2.75, 3.05) is 46.4 Å². The molecule has 3 aliphatic rings. The van der Waals surface area contributed by atoms with E-state index < -0.39 is 0 Å². The molecule has 2 saturated heterocycles. The standard InChI is InChI=1S/C28H36N2O3/c1-32-16-8-22-4-2-5-23(18-22)20-29-14-11-28(12-15-29)10-3-13-30(21-28)27(31)25-6-7-26-24(19-25)9-17-33-26/h2,4,6-7,9,17-19,23H,3,5,8,10-16,20-21H2,1H3. The zero-order valence-corrected chi connectivity index (χ0v) is 19.8. The number of methoxy groups -OCH3 is 1. The number of amides is 1. The Labute approximate surface area is 197 Å². The molecule has 2 aromatic rings. The van der Waals surface area contributed by atoms with E-state index in [1.54, 1.807) is 13.4 Å². The van der Waals surface area contributed by atoms with Crippen molar-refractivity contribution in [1.82, 2.24) is 9.80 Å². The smallest absolute Gasteiger partial charge is 0.253 e. The van der Waals surface area contributed by atoms with Crippen LogP contribution in [0.3, 0.4) is 0 Å². The predicted octanol–water partition coefficient (Wildman–Crippen LogP) is 5.29. The highest BCUT2D eigenvalue weighted by molar-refractivity contribution is 5.97. The molecule has 0 bridgehead atoms. The Hall–Kier alpha value is -2.37. The number of benzene rings is 1. The van der Waals surface area contributed by atoms with Gasteiger partial charge in [0.25, 0.3) is 5.91 Å². The molecule has 3 heterocycles. The zero-order chi connectivity index (χ0) is 22.7. The molecule has 5 rings (SSSR count). The molecule has 5 nitrogen and oxygen atoms in total. The van der Waals surface area contributed by atoms with E-state index in [0.717, 1.165) is 75.1 Å². The van der Waals surface area contributed by atoms with Gasteiger partial charge in [0.1, 0.15) is 5.58 Å². The number of ether oxygens (including phenoxy) is 1. The lowest BCUT2D eigenvalue weighted by atomic mass is 9.72. The normalized spacial score (nSPS) is 23.2. The van der Waals surface area contributed by atoms with Gasteiger partial charge in [-0.05, 0) is 92.8 Å². The largest absolute Gasteiger partial charge is 0.464 e. The number of furan rings is 1. The number of fused-ring (bicyclic) bond motifs is 1. The quantitative estimate of drug-likeness (QED) is 0.602. The van der Waals surface area contributed by atoms with E-state index in [1.807, 2.05) is 24.3 Å². The molecule has 1 aromatic heterocycles. The van der Waals surface area contributed by atoms with Crippen molar-refractivity contribution >= 4 is 16.9 Å². The van der Waals surface area contributed by atoms with Crippen LogP contribution < -0.4 is 0 Å². The first kappa shape index (κ1) is 22.4. The molecular formula is C28H36N2O3. The minimum absolute atomic E-state index is 0.169. The highest BCUT2D eigenvalue weighted by Crippen LogP contribution is 2.40. The number of hydrogen-bond donors (Lipinski definition) is 0. The Kier molecular flexibility index (Phi) is 6.70. The Morgan fingerprint density at radius 3 is 2.91 bits per heavy atom. The van der Waals surface area contributed by atoms with Gasteiger partial charge in [-0.2, -0.15) is 0 Å². The summed E-state index contributed by atoms with van der Waals surface area (Å²) in [7, 11) is 1.77. The Bertz CT molecular complexity index is 1030. The monoisotopic (exact) mass is 448 g/mol. The van der Waals surface area contributed by atoms with Crippen LogP contribution in [0.4, 0.5) is 0 Å². The molecule has 1 unspecified atom stereocenters. The minimum Gasteiger partial charge on any atom is -0.464 e. The topological polar surface area (TPSA) is 45.9 Å². The van der Waals surface area contributed by atoms with Gasteiger partial charge in [-0.25, -0.2) is 0 Å². The number of allylic oxidation sites excluding steroid dienone is 2. The van der Waals surface area contributed by atoms with Crippen LogP contribution in [0.5, 0.6) is 0 Å². The zero-order valence-electron chi connectivity index (χ0n) is 19.8. The van der Waals surface area contributed by atoms with Crippen LogP contribution in [0.1, 0.15) is 48.9 Å². The molecule has 1 aliphatic carbocycles. The van der Waals surface area contributed by atoms with Crippen LogP contribution in [0.25, 0.3) is 11.0 Å². The first-order valence-corrected chi connectivity index (χ1v) is 12.5. The van der Waals surface area contributed by atoms with Crippen molar-refractivity contribution in [1.29, 1.82) is 0 Å². The van der Waals surface area contributed by atoms with E-state index in [-0.39, 0.29) is 11.3 Å². The number of nitrogens with zero attached hydrogens (tertiary/aromatic N) is 2. The lowest BCUT2D eigenvalue weighted by Crippen LogP contribution is -2.51. The van der Waals surface area contributed by atoms with Gasteiger partial charge in [0.2, 0.25) is 0 Å². The maximum atomic E-state index is 13.3. The predicted molar refractivity (Wildman–Crippen MR) is 131 cm³/mol. The maximum absolute atomic E-state index is 13.3. The number of carbonyl (C=O) groups is 1. The summed E-state index contributed by atoms with van der Waals surface area (Å²) < 4.78 is 10.7. The molecule has 1 amide bonds. The van der Waals surface area contributed by atoms with E-state index in [4.69, 9.17) is 9.15 Å². The van der Waals surface area contributed by atoms with Crippen LogP contribution in [0.15, 0.2) is 58.7 Å². The average molecular weight is 449 g/mol. The second-order valence-electron chi connectivity index (χ2n) is 10.2. The average Bonchev–Trinajstić information content (AvgIpc) is 3.32. The molecular weight excluding hydrogens is 412 g/mol. The molecule has 176 valence electrons. The van der Waals surface area contributed by atoms with E-state index in [9.17, 15) is 4.79 Å². The first-order valence-electron chi connectivity index (χ1n) is 12.5. The van der Waals surface area contributed by atoms with Crippen LogP contribution in [-0.4, -0.2) is 62.1 Å². The molecule has 0 radical (unpaired) electrons. The fourth-order valence-electron chi connectivity index (χ4n) is 5.95.